The Balaban J connectivity index is 1.54. The Bertz CT molecular complexity index is 856. The zero-order valence-corrected chi connectivity index (χ0v) is 15.8. The summed E-state index contributed by atoms with van der Waals surface area (Å²) < 4.78 is 10.6. The first kappa shape index (κ1) is 18.8. The van der Waals surface area contributed by atoms with Gasteiger partial charge in [0.1, 0.15) is 0 Å². The number of para-hydroxylation sites is 1. The fourth-order valence-electron chi connectivity index (χ4n) is 2.92. The average Bonchev–Trinajstić information content (AvgIpc) is 3.09. The van der Waals surface area contributed by atoms with Gasteiger partial charge in [-0.3, -0.25) is 9.59 Å². The Labute approximate surface area is 158 Å². The molecule has 0 bridgehead atoms. The minimum atomic E-state index is -0.669. The lowest BCUT2D eigenvalue weighted by atomic mass is 9.86. The summed E-state index contributed by atoms with van der Waals surface area (Å²) in [6.45, 7) is 6.76. The monoisotopic (exact) mass is 368 g/mol. The van der Waals surface area contributed by atoms with E-state index in [2.05, 4.69) is 31.4 Å². The second kappa shape index (κ2) is 7.70. The molecule has 0 radical (unpaired) electrons. The molecule has 2 aromatic carbocycles. The van der Waals surface area contributed by atoms with Gasteiger partial charge in [-0.05, 0) is 41.2 Å². The minimum Gasteiger partial charge on any atom is -0.454 e. The number of hydrogen-bond donors (Lipinski definition) is 2. The molecule has 27 heavy (non-hydrogen) atoms. The SMILES string of the molecule is CC(C)(C)c1ccccc1NC(=O)C(=O)NCCc1ccc2c(c1)OCO2. The van der Waals surface area contributed by atoms with Gasteiger partial charge in [0.05, 0.1) is 0 Å². The van der Waals surface area contributed by atoms with Gasteiger partial charge in [-0.1, -0.05) is 45.0 Å². The normalized spacial score (nSPS) is 12.6. The van der Waals surface area contributed by atoms with Crippen molar-refractivity contribution in [3.05, 3.63) is 53.6 Å². The first-order chi connectivity index (χ1) is 12.8. The van der Waals surface area contributed by atoms with Crippen LogP contribution in [0.4, 0.5) is 5.69 Å². The van der Waals surface area contributed by atoms with Crippen molar-refractivity contribution in [2.45, 2.75) is 32.6 Å². The van der Waals surface area contributed by atoms with Crippen LogP contribution in [0.25, 0.3) is 0 Å². The zero-order valence-electron chi connectivity index (χ0n) is 15.8. The van der Waals surface area contributed by atoms with Crippen molar-refractivity contribution in [2.75, 3.05) is 18.7 Å². The number of amides is 2. The topological polar surface area (TPSA) is 76.7 Å². The summed E-state index contributed by atoms with van der Waals surface area (Å²) in [4.78, 5) is 24.3. The molecule has 0 aliphatic carbocycles. The molecule has 2 N–H and O–H groups in total. The molecule has 1 aliphatic rings. The van der Waals surface area contributed by atoms with Crippen LogP contribution in [0.5, 0.6) is 11.5 Å². The van der Waals surface area contributed by atoms with Crippen molar-refractivity contribution in [1.29, 1.82) is 0 Å². The summed E-state index contributed by atoms with van der Waals surface area (Å²) in [5, 5.41) is 5.37. The number of nitrogens with one attached hydrogen (secondary N) is 2. The molecule has 1 heterocycles. The number of ether oxygens (including phenoxy) is 2. The van der Waals surface area contributed by atoms with Crippen LogP contribution < -0.4 is 20.1 Å². The number of benzene rings is 2. The third kappa shape index (κ3) is 4.58. The Kier molecular flexibility index (Phi) is 5.35. The second-order valence-corrected chi connectivity index (χ2v) is 7.44. The molecule has 2 aromatic rings. The Morgan fingerprint density at radius 3 is 2.52 bits per heavy atom. The molecule has 142 valence electrons. The molecule has 0 saturated heterocycles. The molecular formula is C21H24N2O4. The van der Waals surface area contributed by atoms with Crippen molar-refractivity contribution in [1.82, 2.24) is 5.32 Å². The predicted molar refractivity (Wildman–Crippen MR) is 103 cm³/mol. The van der Waals surface area contributed by atoms with Crippen LogP contribution in [0, 0.1) is 0 Å². The van der Waals surface area contributed by atoms with Gasteiger partial charge in [-0.25, -0.2) is 0 Å². The third-order valence-electron chi connectivity index (χ3n) is 4.33. The highest BCUT2D eigenvalue weighted by Crippen LogP contribution is 2.32. The Hall–Kier alpha value is -3.02. The number of anilines is 1. The summed E-state index contributed by atoms with van der Waals surface area (Å²) in [5.74, 6) is 0.104. The number of carbonyl (C=O) groups is 2. The maximum atomic E-state index is 12.2. The van der Waals surface area contributed by atoms with Gasteiger partial charge in [0, 0.05) is 12.2 Å². The van der Waals surface area contributed by atoms with E-state index >= 15 is 0 Å². The largest absolute Gasteiger partial charge is 0.454 e. The summed E-state index contributed by atoms with van der Waals surface area (Å²) in [6, 6.07) is 13.2. The molecule has 0 fully saturated rings. The van der Waals surface area contributed by atoms with Crippen LogP contribution in [0.3, 0.4) is 0 Å². The van der Waals surface area contributed by atoms with Gasteiger partial charge in [0.25, 0.3) is 0 Å². The van der Waals surface area contributed by atoms with Crippen molar-refractivity contribution in [3.63, 3.8) is 0 Å². The van der Waals surface area contributed by atoms with Crippen molar-refractivity contribution >= 4 is 17.5 Å². The fraction of sp³-hybridized carbons (Fsp3) is 0.333. The number of hydrogen-bond acceptors (Lipinski definition) is 4. The van der Waals surface area contributed by atoms with Gasteiger partial charge in [-0.2, -0.15) is 0 Å². The molecule has 0 atom stereocenters. The van der Waals surface area contributed by atoms with E-state index in [1.54, 1.807) is 6.07 Å². The first-order valence-electron chi connectivity index (χ1n) is 8.92. The second-order valence-electron chi connectivity index (χ2n) is 7.44. The summed E-state index contributed by atoms with van der Waals surface area (Å²) in [5.41, 5.74) is 2.49. The maximum absolute atomic E-state index is 12.2. The molecule has 2 amide bonds. The van der Waals surface area contributed by atoms with Gasteiger partial charge in [0.2, 0.25) is 6.79 Å². The highest BCUT2D eigenvalue weighted by Gasteiger charge is 2.21. The van der Waals surface area contributed by atoms with E-state index in [1.165, 1.54) is 0 Å². The first-order valence-corrected chi connectivity index (χ1v) is 8.92. The standard InChI is InChI=1S/C21H24N2O4/c1-21(2,3)15-6-4-5-7-16(15)23-20(25)19(24)22-11-10-14-8-9-17-18(12-14)27-13-26-17/h4-9,12H,10-11,13H2,1-3H3,(H,22,24)(H,23,25). The molecule has 6 heteroatoms. The lowest BCUT2D eigenvalue weighted by Crippen LogP contribution is -2.37. The van der Waals surface area contributed by atoms with Crippen LogP contribution in [0.2, 0.25) is 0 Å². The summed E-state index contributed by atoms with van der Waals surface area (Å²) in [7, 11) is 0. The number of carbonyl (C=O) groups excluding carboxylic acids is 2. The highest BCUT2D eigenvalue weighted by molar-refractivity contribution is 6.39. The molecule has 6 nitrogen and oxygen atoms in total. The van der Waals surface area contributed by atoms with E-state index < -0.39 is 11.8 Å². The van der Waals surface area contributed by atoms with E-state index in [-0.39, 0.29) is 12.2 Å². The zero-order chi connectivity index (χ0) is 19.4. The van der Waals surface area contributed by atoms with Crippen LogP contribution in [-0.4, -0.2) is 25.2 Å². The van der Waals surface area contributed by atoms with Crippen LogP contribution in [0.1, 0.15) is 31.9 Å². The lowest BCUT2D eigenvalue weighted by molar-refractivity contribution is -0.136. The van der Waals surface area contributed by atoms with Gasteiger partial charge >= 0.3 is 11.8 Å². The predicted octanol–water partition coefficient (Wildman–Crippen LogP) is 3.01. The van der Waals surface area contributed by atoms with E-state index in [1.807, 2.05) is 36.4 Å². The molecule has 0 spiro atoms. The molecule has 3 rings (SSSR count). The van der Waals surface area contributed by atoms with E-state index in [4.69, 9.17) is 9.47 Å². The smallest absolute Gasteiger partial charge is 0.313 e. The summed E-state index contributed by atoms with van der Waals surface area (Å²) in [6.07, 6.45) is 0.592. The van der Waals surface area contributed by atoms with E-state index in [9.17, 15) is 9.59 Å². The van der Waals surface area contributed by atoms with Crippen molar-refractivity contribution < 1.29 is 19.1 Å². The maximum Gasteiger partial charge on any atom is 0.313 e. The van der Waals surface area contributed by atoms with Crippen molar-refractivity contribution in [3.8, 4) is 11.5 Å². The van der Waals surface area contributed by atoms with Gasteiger partial charge in [-0.15, -0.1) is 0 Å². The minimum absolute atomic E-state index is 0.139. The lowest BCUT2D eigenvalue weighted by Gasteiger charge is -2.22. The fourth-order valence-corrected chi connectivity index (χ4v) is 2.92. The Morgan fingerprint density at radius 2 is 1.74 bits per heavy atom. The number of rotatable bonds is 4. The third-order valence-corrected chi connectivity index (χ3v) is 4.33. The molecule has 0 saturated carbocycles. The van der Waals surface area contributed by atoms with Crippen LogP contribution >= 0.6 is 0 Å². The van der Waals surface area contributed by atoms with E-state index in [0.29, 0.717) is 24.4 Å². The quantitative estimate of drug-likeness (QED) is 0.814. The van der Waals surface area contributed by atoms with Gasteiger partial charge < -0.3 is 20.1 Å². The molecular weight excluding hydrogens is 344 g/mol. The van der Waals surface area contributed by atoms with Crippen LogP contribution in [-0.2, 0) is 21.4 Å². The summed E-state index contributed by atoms with van der Waals surface area (Å²) >= 11 is 0. The Morgan fingerprint density at radius 1 is 1.00 bits per heavy atom. The van der Waals surface area contributed by atoms with Gasteiger partial charge in [0.15, 0.2) is 11.5 Å². The molecule has 0 aromatic heterocycles. The highest BCUT2D eigenvalue weighted by atomic mass is 16.7. The number of fused-ring (bicyclic) bond motifs is 1. The average molecular weight is 368 g/mol. The molecule has 0 unspecified atom stereocenters. The molecule has 1 aliphatic heterocycles. The van der Waals surface area contributed by atoms with Crippen molar-refractivity contribution in [2.24, 2.45) is 0 Å². The van der Waals surface area contributed by atoms with E-state index in [0.717, 1.165) is 16.9 Å². The van der Waals surface area contributed by atoms with Crippen LogP contribution in [0.15, 0.2) is 42.5 Å².